The van der Waals surface area contributed by atoms with Crippen LogP contribution in [0.5, 0.6) is 0 Å². The second kappa shape index (κ2) is 6.84. The molecule has 0 saturated heterocycles. The molecule has 108 valence electrons. The Bertz CT molecular complexity index is 544. The highest BCUT2D eigenvalue weighted by Crippen LogP contribution is 2.22. The van der Waals surface area contributed by atoms with E-state index in [1.54, 1.807) is 11.3 Å². The van der Waals surface area contributed by atoms with Crippen molar-refractivity contribution >= 4 is 27.5 Å². The first-order valence-electron chi connectivity index (χ1n) is 7.20. The molecule has 0 aliphatic heterocycles. The van der Waals surface area contributed by atoms with Crippen LogP contribution in [-0.2, 0) is 11.2 Å². The minimum Gasteiger partial charge on any atom is -0.353 e. The average molecular weight is 290 g/mol. The summed E-state index contributed by atoms with van der Waals surface area (Å²) >= 11 is 1.72. The van der Waals surface area contributed by atoms with E-state index in [4.69, 9.17) is 0 Å². The number of aromatic nitrogens is 1. The smallest absolute Gasteiger partial charge is 0.220 e. The number of carbonyl (C=O) groups excluding carboxylic acids is 1. The molecule has 20 heavy (non-hydrogen) atoms. The van der Waals surface area contributed by atoms with Gasteiger partial charge in [-0.3, -0.25) is 4.79 Å². The minimum atomic E-state index is 0.146. The van der Waals surface area contributed by atoms with E-state index < -0.39 is 0 Å². The fourth-order valence-electron chi connectivity index (χ4n) is 1.92. The number of rotatable bonds is 6. The van der Waals surface area contributed by atoms with E-state index in [2.05, 4.69) is 37.1 Å². The number of nitrogens with zero attached hydrogens (tertiary/aromatic N) is 1. The van der Waals surface area contributed by atoms with Gasteiger partial charge >= 0.3 is 0 Å². The number of thiazole rings is 1. The first kappa shape index (κ1) is 15.0. The quantitative estimate of drug-likeness (QED) is 0.879. The van der Waals surface area contributed by atoms with Gasteiger partial charge < -0.3 is 5.32 Å². The van der Waals surface area contributed by atoms with Gasteiger partial charge in [0.1, 0.15) is 0 Å². The van der Waals surface area contributed by atoms with E-state index in [0.717, 1.165) is 23.4 Å². The van der Waals surface area contributed by atoms with Crippen LogP contribution in [0.3, 0.4) is 0 Å². The molecule has 1 unspecified atom stereocenters. The van der Waals surface area contributed by atoms with E-state index in [1.165, 1.54) is 4.70 Å². The van der Waals surface area contributed by atoms with Crippen LogP contribution >= 0.6 is 11.3 Å². The summed E-state index contributed by atoms with van der Waals surface area (Å²) in [5.41, 5.74) is 1.06. The molecule has 1 aromatic heterocycles. The monoisotopic (exact) mass is 290 g/mol. The third-order valence-electron chi connectivity index (χ3n) is 3.52. The number of carbonyl (C=O) groups is 1. The van der Waals surface area contributed by atoms with Gasteiger partial charge in [0.2, 0.25) is 5.91 Å². The van der Waals surface area contributed by atoms with Gasteiger partial charge in [0.05, 0.1) is 15.2 Å². The Balaban J connectivity index is 1.79. The van der Waals surface area contributed by atoms with Crippen LogP contribution in [0.2, 0.25) is 0 Å². The van der Waals surface area contributed by atoms with Crippen LogP contribution in [-0.4, -0.2) is 16.9 Å². The number of benzene rings is 1. The molecule has 1 amide bonds. The van der Waals surface area contributed by atoms with Gasteiger partial charge in [0.15, 0.2) is 0 Å². The third-order valence-corrected chi connectivity index (χ3v) is 4.62. The van der Waals surface area contributed by atoms with Crippen molar-refractivity contribution in [1.29, 1.82) is 0 Å². The molecular formula is C16H22N2OS. The molecule has 3 nitrogen and oxygen atoms in total. The van der Waals surface area contributed by atoms with Crippen molar-refractivity contribution in [3.05, 3.63) is 29.3 Å². The minimum absolute atomic E-state index is 0.146. The Kier molecular flexibility index (Phi) is 5.12. The van der Waals surface area contributed by atoms with Crippen molar-refractivity contribution in [2.75, 3.05) is 0 Å². The lowest BCUT2D eigenvalue weighted by Gasteiger charge is -2.17. The van der Waals surface area contributed by atoms with Gasteiger partial charge in [0, 0.05) is 12.5 Å². The Morgan fingerprint density at radius 2 is 2.05 bits per heavy atom. The van der Waals surface area contributed by atoms with E-state index in [0.29, 0.717) is 12.3 Å². The summed E-state index contributed by atoms with van der Waals surface area (Å²) in [5, 5.41) is 4.16. The molecule has 1 aromatic carbocycles. The first-order chi connectivity index (χ1) is 9.56. The van der Waals surface area contributed by atoms with Crippen molar-refractivity contribution < 1.29 is 4.79 Å². The normalized spacial score (nSPS) is 12.8. The molecule has 0 aliphatic rings. The van der Waals surface area contributed by atoms with Crippen molar-refractivity contribution in [3.63, 3.8) is 0 Å². The van der Waals surface area contributed by atoms with Crippen LogP contribution in [0.1, 0.15) is 38.6 Å². The topological polar surface area (TPSA) is 42.0 Å². The summed E-state index contributed by atoms with van der Waals surface area (Å²) in [6.07, 6.45) is 2.31. The lowest BCUT2D eigenvalue weighted by atomic mass is 10.1. The predicted molar refractivity (Wildman–Crippen MR) is 85.0 cm³/mol. The highest BCUT2D eigenvalue weighted by Gasteiger charge is 2.11. The molecule has 2 rings (SSSR count). The van der Waals surface area contributed by atoms with E-state index in [-0.39, 0.29) is 11.9 Å². The zero-order valence-electron chi connectivity index (χ0n) is 12.3. The molecular weight excluding hydrogens is 268 g/mol. The number of amides is 1. The zero-order chi connectivity index (χ0) is 14.5. The summed E-state index contributed by atoms with van der Waals surface area (Å²) < 4.78 is 1.22. The number of hydrogen-bond donors (Lipinski definition) is 1. The van der Waals surface area contributed by atoms with Crippen molar-refractivity contribution in [1.82, 2.24) is 10.3 Å². The number of nitrogens with one attached hydrogen (secondary N) is 1. The van der Waals surface area contributed by atoms with Crippen LogP contribution in [0, 0.1) is 5.92 Å². The van der Waals surface area contributed by atoms with Crippen LogP contribution < -0.4 is 5.32 Å². The fraction of sp³-hybridized carbons (Fsp3) is 0.500. The standard InChI is InChI=1S/C16H22N2OS/c1-11(2)12(3)17-15(19)9-6-10-16-18-13-7-4-5-8-14(13)20-16/h4-5,7-8,11-12H,6,9-10H2,1-3H3,(H,17,19). The summed E-state index contributed by atoms with van der Waals surface area (Å²) in [4.78, 5) is 16.4. The van der Waals surface area contributed by atoms with Crippen LogP contribution in [0.15, 0.2) is 24.3 Å². The summed E-state index contributed by atoms with van der Waals surface area (Å²) in [5.74, 6) is 0.621. The largest absolute Gasteiger partial charge is 0.353 e. The van der Waals surface area contributed by atoms with E-state index in [1.807, 2.05) is 18.2 Å². The Labute approximate surface area is 124 Å². The van der Waals surface area contributed by atoms with Gasteiger partial charge in [-0.05, 0) is 37.8 Å². The number of fused-ring (bicyclic) bond motifs is 1. The maximum absolute atomic E-state index is 11.8. The number of hydrogen-bond acceptors (Lipinski definition) is 3. The Hall–Kier alpha value is -1.42. The molecule has 0 aliphatic carbocycles. The Morgan fingerprint density at radius 1 is 1.30 bits per heavy atom. The van der Waals surface area contributed by atoms with Gasteiger partial charge in [-0.2, -0.15) is 0 Å². The first-order valence-corrected chi connectivity index (χ1v) is 8.01. The van der Waals surface area contributed by atoms with Crippen molar-refractivity contribution in [3.8, 4) is 0 Å². The van der Waals surface area contributed by atoms with Gasteiger partial charge in [-0.25, -0.2) is 4.98 Å². The fourth-order valence-corrected chi connectivity index (χ4v) is 2.93. The van der Waals surface area contributed by atoms with Crippen molar-refractivity contribution in [2.24, 2.45) is 5.92 Å². The second-order valence-corrected chi connectivity index (χ2v) is 6.64. The molecule has 1 heterocycles. The van der Waals surface area contributed by atoms with Crippen LogP contribution in [0.25, 0.3) is 10.2 Å². The molecule has 2 aromatic rings. The highest BCUT2D eigenvalue weighted by molar-refractivity contribution is 7.18. The molecule has 1 atom stereocenters. The lowest BCUT2D eigenvalue weighted by molar-refractivity contribution is -0.122. The number of aryl methyl sites for hydroxylation is 1. The number of para-hydroxylation sites is 1. The average Bonchev–Trinajstić information content (AvgIpc) is 2.81. The molecule has 4 heteroatoms. The molecule has 0 bridgehead atoms. The molecule has 0 fully saturated rings. The SMILES string of the molecule is CC(C)C(C)NC(=O)CCCc1nc2ccccc2s1. The third kappa shape index (κ3) is 4.04. The van der Waals surface area contributed by atoms with Gasteiger partial charge in [-0.1, -0.05) is 26.0 Å². The summed E-state index contributed by atoms with van der Waals surface area (Å²) in [7, 11) is 0. The van der Waals surface area contributed by atoms with Gasteiger partial charge in [0.25, 0.3) is 0 Å². The molecule has 0 radical (unpaired) electrons. The van der Waals surface area contributed by atoms with E-state index >= 15 is 0 Å². The molecule has 1 N–H and O–H groups in total. The molecule has 0 saturated carbocycles. The maximum Gasteiger partial charge on any atom is 0.220 e. The van der Waals surface area contributed by atoms with E-state index in [9.17, 15) is 4.79 Å². The zero-order valence-corrected chi connectivity index (χ0v) is 13.2. The van der Waals surface area contributed by atoms with Crippen molar-refractivity contribution in [2.45, 2.75) is 46.1 Å². The second-order valence-electron chi connectivity index (χ2n) is 5.53. The van der Waals surface area contributed by atoms with Crippen LogP contribution in [0.4, 0.5) is 0 Å². The highest BCUT2D eigenvalue weighted by atomic mass is 32.1. The Morgan fingerprint density at radius 3 is 2.75 bits per heavy atom. The summed E-state index contributed by atoms with van der Waals surface area (Å²) in [6.45, 7) is 6.29. The maximum atomic E-state index is 11.8. The molecule has 0 spiro atoms. The summed E-state index contributed by atoms with van der Waals surface area (Å²) in [6, 6.07) is 8.40. The lowest BCUT2D eigenvalue weighted by Crippen LogP contribution is -2.35. The van der Waals surface area contributed by atoms with Gasteiger partial charge in [-0.15, -0.1) is 11.3 Å². The predicted octanol–water partition coefficient (Wildman–Crippen LogP) is 3.78.